The molecule has 2 amide bonds. The molecule has 0 bridgehead atoms. The third-order valence-corrected chi connectivity index (χ3v) is 5.84. The van der Waals surface area contributed by atoms with E-state index >= 15 is 0 Å². The zero-order valence-corrected chi connectivity index (χ0v) is 13.3. The number of rotatable bonds is 3. The van der Waals surface area contributed by atoms with E-state index in [2.05, 4.69) is 10.3 Å². The van der Waals surface area contributed by atoms with E-state index in [0.29, 0.717) is 5.91 Å². The number of carbonyl (C=O) groups is 2. The first-order chi connectivity index (χ1) is 11.2. The molecule has 3 aliphatic rings. The fraction of sp³-hybridized carbons (Fsp3) is 0.611. The minimum atomic E-state index is 0.0422. The molecule has 2 saturated carbocycles. The quantitative estimate of drug-likeness (QED) is 0.932. The van der Waals surface area contributed by atoms with Gasteiger partial charge in [-0.15, -0.1) is 0 Å². The predicted octanol–water partition coefficient (Wildman–Crippen LogP) is 2.45. The number of likely N-dealkylation sites (tertiary alicyclic amines) is 1. The summed E-state index contributed by atoms with van der Waals surface area (Å²) >= 11 is 0. The van der Waals surface area contributed by atoms with Crippen LogP contribution in [0, 0.1) is 17.3 Å². The molecule has 2 atom stereocenters. The lowest BCUT2D eigenvalue weighted by molar-refractivity contribution is -0.134. The molecule has 1 N–H and O–H groups in total. The average molecular weight is 313 g/mol. The number of anilines is 1. The molecule has 4 rings (SSSR count). The molecule has 2 heterocycles. The molecule has 1 saturated heterocycles. The molecule has 2 unspecified atom stereocenters. The van der Waals surface area contributed by atoms with Crippen molar-refractivity contribution in [3.63, 3.8) is 0 Å². The second-order valence-electron chi connectivity index (χ2n) is 7.34. The molecule has 0 aromatic carbocycles. The Bertz CT molecular complexity index is 612. The molecule has 1 aliphatic heterocycles. The van der Waals surface area contributed by atoms with Gasteiger partial charge in [0.2, 0.25) is 11.8 Å². The molecular formula is C18H23N3O2. The van der Waals surface area contributed by atoms with Crippen LogP contribution < -0.4 is 5.32 Å². The number of carbonyl (C=O) groups excluding carboxylic acids is 2. The summed E-state index contributed by atoms with van der Waals surface area (Å²) in [6, 6.07) is 3.67. The Balaban J connectivity index is 1.35. The first-order valence-corrected chi connectivity index (χ1v) is 8.68. The largest absolute Gasteiger partial charge is 0.342 e. The number of hydrogen-bond acceptors (Lipinski definition) is 3. The summed E-state index contributed by atoms with van der Waals surface area (Å²) in [5.41, 5.74) is 0.789. The van der Waals surface area contributed by atoms with Crippen molar-refractivity contribution in [2.24, 2.45) is 17.3 Å². The van der Waals surface area contributed by atoms with Crippen LogP contribution in [-0.4, -0.2) is 34.8 Å². The highest BCUT2D eigenvalue weighted by Crippen LogP contribution is 2.59. The molecule has 2 aliphatic carbocycles. The van der Waals surface area contributed by atoms with Crippen LogP contribution in [0.4, 0.5) is 5.69 Å². The smallest absolute Gasteiger partial charge is 0.228 e. The summed E-state index contributed by atoms with van der Waals surface area (Å²) in [5.74, 6) is 0.696. The van der Waals surface area contributed by atoms with Gasteiger partial charge in [-0.05, 0) is 37.8 Å². The molecule has 5 nitrogen and oxygen atoms in total. The van der Waals surface area contributed by atoms with Crippen LogP contribution in [0.15, 0.2) is 24.5 Å². The molecular weight excluding hydrogens is 290 g/mol. The lowest BCUT2D eigenvalue weighted by atomic mass is 10.0. The SMILES string of the molecule is O=C(Nc1cccnc1)C1CC12CCN(C(=O)C1CCCC1)C2. The minimum absolute atomic E-state index is 0.0422. The van der Waals surface area contributed by atoms with Crippen molar-refractivity contribution in [2.45, 2.75) is 38.5 Å². The van der Waals surface area contributed by atoms with Gasteiger partial charge in [0.1, 0.15) is 0 Å². The summed E-state index contributed by atoms with van der Waals surface area (Å²) in [6.45, 7) is 1.60. The van der Waals surface area contributed by atoms with E-state index in [1.807, 2.05) is 17.0 Å². The highest BCUT2D eigenvalue weighted by atomic mass is 16.2. The molecule has 5 heteroatoms. The van der Waals surface area contributed by atoms with Crippen molar-refractivity contribution in [2.75, 3.05) is 18.4 Å². The maximum atomic E-state index is 12.5. The van der Waals surface area contributed by atoms with E-state index in [1.165, 1.54) is 12.8 Å². The van der Waals surface area contributed by atoms with Crippen LogP contribution in [0.5, 0.6) is 0 Å². The number of pyridine rings is 1. The first kappa shape index (κ1) is 14.7. The fourth-order valence-electron chi connectivity index (χ4n) is 4.35. The van der Waals surface area contributed by atoms with Gasteiger partial charge in [0.15, 0.2) is 0 Å². The standard InChI is InChI=1S/C18H23N3O2/c22-16(20-14-6-3-8-19-11-14)15-10-18(15)7-9-21(12-18)17(23)13-4-1-2-5-13/h3,6,8,11,13,15H,1-2,4-5,7,9-10,12H2,(H,20,22). The van der Waals surface area contributed by atoms with Gasteiger partial charge < -0.3 is 10.2 Å². The van der Waals surface area contributed by atoms with E-state index in [4.69, 9.17) is 0 Å². The van der Waals surface area contributed by atoms with Gasteiger partial charge in [-0.1, -0.05) is 12.8 Å². The number of hydrogen-bond donors (Lipinski definition) is 1. The average Bonchev–Trinajstić information content (AvgIpc) is 2.94. The van der Waals surface area contributed by atoms with Crippen molar-refractivity contribution in [1.82, 2.24) is 9.88 Å². The van der Waals surface area contributed by atoms with Gasteiger partial charge >= 0.3 is 0 Å². The second-order valence-corrected chi connectivity index (χ2v) is 7.34. The van der Waals surface area contributed by atoms with Crippen LogP contribution in [-0.2, 0) is 9.59 Å². The van der Waals surface area contributed by atoms with Crippen molar-refractivity contribution in [3.8, 4) is 0 Å². The summed E-state index contributed by atoms with van der Waals surface area (Å²) in [7, 11) is 0. The van der Waals surface area contributed by atoms with Gasteiger partial charge in [0.25, 0.3) is 0 Å². The third kappa shape index (κ3) is 2.73. The third-order valence-electron chi connectivity index (χ3n) is 5.84. The van der Waals surface area contributed by atoms with Gasteiger partial charge in [-0.2, -0.15) is 0 Å². The number of nitrogens with one attached hydrogen (secondary N) is 1. The lowest BCUT2D eigenvalue weighted by Gasteiger charge is -2.20. The van der Waals surface area contributed by atoms with Gasteiger partial charge in [0, 0.05) is 36.5 Å². The Morgan fingerprint density at radius 3 is 2.87 bits per heavy atom. The van der Waals surface area contributed by atoms with Crippen LogP contribution in [0.2, 0.25) is 0 Å². The molecule has 1 aromatic heterocycles. The molecule has 1 aromatic rings. The number of aromatic nitrogens is 1. The highest BCUT2D eigenvalue weighted by molar-refractivity contribution is 5.95. The zero-order chi connectivity index (χ0) is 15.9. The van der Waals surface area contributed by atoms with Crippen LogP contribution in [0.3, 0.4) is 0 Å². The Morgan fingerprint density at radius 2 is 2.13 bits per heavy atom. The maximum Gasteiger partial charge on any atom is 0.228 e. The van der Waals surface area contributed by atoms with Crippen LogP contribution in [0.1, 0.15) is 38.5 Å². The molecule has 1 spiro atoms. The second kappa shape index (κ2) is 5.62. The maximum absolute atomic E-state index is 12.5. The van der Waals surface area contributed by atoms with Crippen LogP contribution in [0.25, 0.3) is 0 Å². The Hall–Kier alpha value is -1.91. The summed E-state index contributed by atoms with van der Waals surface area (Å²) in [5, 5.41) is 2.95. The molecule has 0 radical (unpaired) electrons. The van der Waals surface area contributed by atoms with Gasteiger partial charge in [-0.3, -0.25) is 14.6 Å². The van der Waals surface area contributed by atoms with E-state index in [9.17, 15) is 9.59 Å². The van der Waals surface area contributed by atoms with E-state index in [1.54, 1.807) is 12.4 Å². The minimum Gasteiger partial charge on any atom is -0.342 e. The summed E-state index contributed by atoms with van der Waals surface area (Å²) in [4.78, 5) is 31.0. The Labute approximate surface area is 136 Å². The topological polar surface area (TPSA) is 62.3 Å². The fourth-order valence-corrected chi connectivity index (χ4v) is 4.35. The van der Waals surface area contributed by atoms with Crippen LogP contribution >= 0.6 is 0 Å². The van der Waals surface area contributed by atoms with E-state index in [0.717, 1.165) is 44.5 Å². The van der Waals surface area contributed by atoms with Crippen molar-refractivity contribution in [3.05, 3.63) is 24.5 Å². The number of nitrogens with zero attached hydrogens (tertiary/aromatic N) is 2. The highest BCUT2D eigenvalue weighted by Gasteiger charge is 2.61. The summed E-state index contributed by atoms with van der Waals surface area (Å²) in [6.07, 6.45) is 9.71. The first-order valence-electron chi connectivity index (χ1n) is 8.68. The Kier molecular flexibility index (Phi) is 3.58. The van der Waals surface area contributed by atoms with E-state index in [-0.39, 0.29) is 23.2 Å². The Morgan fingerprint density at radius 1 is 1.30 bits per heavy atom. The monoisotopic (exact) mass is 313 g/mol. The van der Waals surface area contributed by atoms with Crippen molar-refractivity contribution in [1.29, 1.82) is 0 Å². The zero-order valence-electron chi connectivity index (χ0n) is 13.3. The molecule has 23 heavy (non-hydrogen) atoms. The van der Waals surface area contributed by atoms with Gasteiger partial charge in [0.05, 0.1) is 11.9 Å². The lowest BCUT2D eigenvalue weighted by Crippen LogP contribution is -2.34. The predicted molar refractivity (Wildman–Crippen MR) is 86.6 cm³/mol. The van der Waals surface area contributed by atoms with Crippen molar-refractivity contribution < 1.29 is 9.59 Å². The molecule has 122 valence electrons. The number of amides is 2. The summed E-state index contributed by atoms with van der Waals surface area (Å²) < 4.78 is 0. The normalized spacial score (nSPS) is 29.9. The van der Waals surface area contributed by atoms with Gasteiger partial charge in [-0.25, -0.2) is 0 Å². The van der Waals surface area contributed by atoms with Crippen molar-refractivity contribution >= 4 is 17.5 Å². The molecule has 3 fully saturated rings. The van der Waals surface area contributed by atoms with E-state index < -0.39 is 0 Å².